The van der Waals surface area contributed by atoms with Gasteiger partial charge in [0.05, 0.1) is 16.3 Å². The van der Waals surface area contributed by atoms with Gasteiger partial charge in [0.15, 0.2) is 0 Å². The average Bonchev–Trinajstić information content (AvgIpc) is 2.38. The number of rotatable bonds is 1. The van der Waals surface area contributed by atoms with Crippen LogP contribution in [0.15, 0.2) is 36.5 Å². The topological polar surface area (TPSA) is 54.0 Å². The van der Waals surface area contributed by atoms with E-state index in [0.29, 0.717) is 10.6 Å². The van der Waals surface area contributed by atoms with Gasteiger partial charge < -0.3 is 10.6 Å². The highest BCUT2D eigenvalue weighted by molar-refractivity contribution is 6.34. The molecular formula is C14H12ClN3O. The number of carbonyl (C=O) groups is 1. The molecule has 1 aliphatic heterocycles. The number of nitrogens with one attached hydrogen (secondary N) is 2. The number of aromatic nitrogens is 1. The number of amides is 1. The van der Waals surface area contributed by atoms with Crippen molar-refractivity contribution >= 4 is 23.2 Å². The normalized spacial score (nSPS) is 17.4. The summed E-state index contributed by atoms with van der Waals surface area (Å²) >= 11 is 6.05. The highest BCUT2D eigenvalue weighted by atomic mass is 35.5. The summed E-state index contributed by atoms with van der Waals surface area (Å²) in [5.41, 5.74) is 3.11. The van der Waals surface area contributed by atoms with Crippen LogP contribution in [0, 0.1) is 6.92 Å². The van der Waals surface area contributed by atoms with E-state index in [-0.39, 0.29) is 12.1 Å². The van der Waals surface area contributed by atoms with Gasteiger partial charge in [-0.1, -0.05) is 17.7 Å². The third-order valence-electron chi connectivity index (χ3n) is 3.07. The van der Waals surface area contributed by atoms with Crippen LogP contribution in [-0.2, 0) is 0 Å². The molecule has 0 saturated heterocycles. The minimum atomic E-state index is -0.264. The third kappa shape index (κ3) is 2.15. The highest BCUT2D eigenvalue weighted by Gasteiger charge is 2.26. The van der Waals surface area contributed by atoms with Gasteiger partial charge in [-0.15, -0.1) is 0 Å². The van der Waals surface area contributed by atoms with Crippen LogP contribution in [0.2, 0.25) is 5.02 Å². The van der Waals surface area contributed by atoms with Gasteiger partial charge in [-0.25, -0.2) is 0 Å². The Morgan fingerprint density at radius 3 is 2.89 bits per heavy atom. The Bertz CT molecular complexity index is 657. The Balaban J connectivity index is 2.00. The van der Waals surface area contributed by atoms with Crippen molar-refractivity contribution in [1.29, 1.82) is 0 Å². The number of carbonyl (C=O) groups excluding carboxylic acids is 1. The summed E-state index contributed by atoms with van der Waals surface area (Å²) in [7, 11) is 0. The van der Waals surface area contributed by atoms with Gasteiger partial charge in [-0.05, 0) is 36.8 Å². The Labute approximate surface area is 115 Å². The Morgan fingerprint density at radius 2 is 2.11 bits per heavy atom. The predicted octanol–water partition coefficient (Wildman–Crippen LogP) is 2.90. The number of hydrogen-bond donors (Lipinski definition) is 2. The lowest BCUT2D eigenvalue weighted by Crippen LogP contribution is -2.38. The van der Waals surface area contributed by atoms with Crippen molar-refractivity contribution in [3.05, 3.63) is 58.4 Å². The summed E-state index contributed by atoms with van der Waals surface area (Å²) in [6.45, 7) is 1.92. The first kappa shape index (κ1) is 12.0. The Morgan fingerprint density at radius 1 is 1.26 bits per heavy atom. The molecule has 96 valence electrons. The number of aryl methyl sites for hydroxylation is 1. The number of benzene rings is 1. The van der Waals surface area contributed by atoms with Gasteiger partial charge in [0, 0.05) is 11.9 Å². The molecule has 2 heterocycles. The molecule has 0 saturated carbocycles. The lowest BCUT2D eigenvalue weighted by molar-refractivity contribution is 0.0936. The summed E-state index contributed by atoms with van der Waals surface area (Å²) in [6, 6.07) is 9.19. The fourth-order valence-corrected chi connectivity index (χ4v) is 2.44. The number of pyridine rings is 1. The molecule has 1 amide bonds. The van der Waals surface area contributed by atoms with Crippen LogP contribution in [0.5, 0.6) is 0 Å². The molecule has 0 fully saturated rings. The molecule has 0 spiro atoms. The first-order valence-corrected chi connectivity index (χ1v) is 6.31. The number of hydrogen-bond acceptors (Lipinski definition) is 3. The van der Waals surface area contributed by atoms with E-state index in [2.05, 4.69) is 15.6 Å². The minimum Gasteiger partial charge on any atom is -0.361 e. The van der Waals surface area contributed by atoms with E-state index < -0.39 is 0 Å². The molecule has 1 aliphatic rings. The van der Waals surface area contributed by atoms with Crippen LogP contribution in [0.4, 0.5) is 5.69 Å². The number of halogens is 1. The molecule has 0 radical (unpaired) electrons. The van der Waals surface area contributed by atoms with Crippen LogP contribution in [0.3, 0.4) is 0 Å². The van der Waals surface area contributed by atoms with E-state index in [1.807, 2.05) is 31.2 Å². The second-order valence-electron chi connectivity index (χ2n) is 4.44. The smallest absolute Gasteiger partial charge is 0.256 e. The molecule has 1 unspecified atom stereocenters. The van der Waals surface area contributed by atoms with Gasteiger partial charge in [0.2, 0.25) is 0 Å². The first-order chi connectivity index (χ1) is 9.15. The molecule has 1 aromatic carbocycles. The van der Waals surface area contributed by atoms with Gasteiger partial charge >= 0.3 is 0 Å². The molecule has 2 aromatic rings. The third-order valence-corrected chi connectivity index (χ3v) is 3.38. The summed E-state index contributed by atoms with van der Waals surface area (Å²) < 4.78 is 0. The highest BCUT2D eigenvalue weighted by Crippen LogP contribution is 2.31. The van der Waals surface area contributed by atoms with Crippen molar-refractivity contribution in [2.45, 2.75) is 13.1 Å². The fraction of sp³-hybridized carbons (Fsp3) is 0.143. The monoisotopic (exact) mass is 273 g/mol. The number of nitrogens with zero attached hydrogens (tertiary/aromatic N) is 1. The minimum absolute atomic E-state index is 0.168. The number of anilines is 1. The van der Waals surface area contributed by atoms with Crippen LogP contribution in [0.1, 0.15) is 27.8 Å². The van der Waals surface area contributed by atoms with Crippen LogP contribution < -0.4 is 10.6 Å². The van der Waals surface area contributed by atoms with Crippen molar-refractivity contribution in [3.63, 3.8) is 0 Å². The van der Waals surface area contributed by atoms with E-state index in [1.165, 1.54) is 0 Å². The summed E-state index contributed by atoms with van der Waals surface area (Å²) in [6.07, 6.45) is 1.46. The first-order valence-electron chi connectivity index (χ1n) is 5.93. The zero-order valence-electron chi connectivity index (χ0n) is 10.3. The second kappa shape index (κ2) is 4.55. The maximum Gasteiger partial charge on any atom is 0.256 e. The van der Waals surface area contributed by atoms with Gasteiger partial charge in [0.1, 0.15) is 6.17 Å². The maximum absolute atomic E-state index is 12.1. The molecule has 19 heavy (non-hydrogen) atoms. The van der Waals surface area contributed by atoms with Gasteiger partial charge in [-0.2, -0.15) is 0 Å². The van der Waals surface area contributed by atoms with Crippen molar-refractivity contribution < 1.29 is 4.79 Å². The van der Waals surface area contributed by atoms with Crippen LogP contribution in [-0.4, -0.2) is 10.9 Å². The molecule has 0 aliphatic carbocycles. The Kier molecular flexibility index (Phi) is 2.87. The van der Waals surface area contributed by atoms with Crippen molar-refractivity contribution in [1.82, 2.24) is 10.3 Å². The molecule has 4 nitrogen and oxygen atoms in total. The lowest BCUT2D eigenvalue weighted by Gasteiger charge is -2.28. The van der Waals surface area contributed by atoms with Gasteiger partial charge in [0.25, 0.3) is 5.91 Å². The van der Waals surface area contributed by atoms with Crippen LogP contribution >= 0.6 is 11.6 Å². The summed E-state index contributed by atoms with van der Waals surface area (Å²) in [5, 5.41) is 6.61. The van der Waals surface area contributed by atoms with Gasteiger partial charge in [-0.3, -0.25) is 9.78 Å². The Hall–Kier alpha value is -2.07. The summed E-state index contributed by atoms with van der Waals surface area (Å²) in [4.78, 5) is 16.3. The average molecular weight is 274 g/mol. The molecule has 5 heteroatoms. The number of fused-ring (bicyclic) bond motifs is 1. The molecule has 1 aromatic heterocycles. The second-order valence-corrected chi connectivity index (χ2v) is 4.85. The van der Waals surface area contributed by atoms with E-state index >= 15 is 0 Å². The molecule has 1 atom stereocenters. The predicted molar refractivity (Wildman–Crippen MR) is 74.3 cm³/mol. The molecule has 0 bridgehead atoms. The lowest BCUT2D eigenvalue weighted by atomic mass is 10.1. The largest absolute Gasteiger partial charge is 0.361 e. The molecule has 2 N–H and O–H groups in total. The van der Waals surface area contributed by atoms with E-state index in [1.54, 1.807) is 12.3 Å². The van der Waals surface area contributed by atoms with E-state index in [4.69, 9.17) is 11.6 Å². The molecule has 3 rings (SSSR count). The van der Waals surface area contributed by atoms with E-state index in [0.717, 1.165) is 16.9 Å². The fourth-order valence-electron chi connectivity index (χ4n) is 2.18. The zero-order chi connectivity index (χ0) is 13.4. The maximum atomic E-state index is 12.1. The summed E-state index contributed by atoms with van der Waals surface area (Å²) in [5.74, 6) is -0.168. The SMILES string of the molecule is Cc1cc(C2NC(=O)c3c(Cl)cccc3N2)ccn1. The van der Waals surface area contributed by atoms with Crippen molar-refractivity contribution in [2.24, 2.45) is 0 Å². The zero-order valence-corrected chi connectivity index (χ0v) is 11.0. The van der Waals surface area contributed by atoms with Crippen molar-refractivity contribution in [2.75, 3.05) is 5.32 Å². The van der Waals surface area contributed by atoms with Crippen molar-refractivity contribution in [3.8, 4) is 0 Å². The standard InChI is InChI=1S/C14H12ClN3O/c1-8-7-9(5-6-16-8)13-17-11-4-2-3-10(15)12(11)14(19)18-13/h2-7,13,17H,1H3,(H,18,19). The van der Waals surface area contributed by atoms with E-state index in [9.17, 15) is 4.79 Å². The molecular weight excluding hydrogens is 262 g/mol. The van der Waals surface area contributed by atoms with Crippen LogP contribution in [0.25, 0.3) is 0 Å². The quantitative estimate of drug-likeness (QED) is 0.840.